The third kappa shape index (κ3) is 3.35. The molecule has 1 aliphatic rings. The number of pyridine rings is 1. The van der Waals surface area contributed by atoms with Crippen molar-refractivity contribution in [3.05, 3.63) is 54.4 Å². The van der Waals surface area contributed by atoms with Gasteiger partial charge in [0.05, 0.1) is 6.54 Å². The molecule has 3 N–H and O–H groups in total. The van der Waals surface area contributed by atoms with Crippen molar-refractivity contribution in [2.75, 3.05) is 6.54 Å². The summed E-state index contributed by atoms with van der Waals surface area (Å²) in [6, 6.07) is 10.6. The number of primary amides is 1. The molecule has 1 heterocycles. The van der Waals surface area contributed by atoms with Crippen LogP contribution in [-0.4, -0.2) is 27.8 Å². The highest BCUT2D eigenvalue weighted by atomic mass is 16.5. The third-order valence-electron chi connectivity index (χ3n) is 3.76. The summed E-state index contributed by atoms with van der Waals surface area (Å²) in [5.41, 5.74) is 6.15. The van der Waals surface area contributed by atoms with Crippen molar-refractivity contribution < 1.29 is 14.7 Å². The first kappa shape index (κ1) is 14.3. The summed E-state index contributed by atoms with van der Waals surface area (Å²) < 4.78 is 5.78. The first-order chi connectivity index (χ1) is 10.6. The summed E-state index contributed by atoms with van der Waals surface area (Å²) in [4.78, 5) is 14.8. The first-order valence-electron chi connectivity index (χ1n) is 7.07. The minimum absolute atomic E-state index is 0.230. The summed E-state index contributed by atoms with van der Waals surface area (Å²) in [6.45, 7) is 0.259. The predicted molar refractivity (Wildman–Crippen MR) is 79.7 cm³/mol. The largest absolute Gasteiger partial charge is 0.457 e. The minimum Gasteiger partial charge on any atom is -0.457 e. The van der Waals surface area contributed by atoms with Crippen molar-refractivity contribution >= 4 is 6.03 Å². The van der Waals surface area contributed by atoms with E-state index in [1.165, 1.54) is 0 Å². The van der Waals surface area contributed by atoms with Gasteiger partial charge in [0.2, 0.25) is 0 Å². The van der Waals surface area contributed by atoms with Crippen molar-refractivity contribution in [2.45, 2.75) is 12.3 Å². The van der Waals surface area contributed by atoms with Crippen LogP contribution in [0.1, 0.15) is 17.9 Å². The molecule has 1 aliphatic carbocycles. The van der Waals surface area contributed by atoms with Gasteiger partial charge in [-0.25, -0.2) is 9.86 Å². The van der Waals surface area contributed by atoms with Crippen molar-refractivity contribution in [1.29, 1.82) is 0 Å². The van der Waals surface area contributed by atoms with Crippen molar-refractivity contribution in [3.63, 3.8) is 0 Å². The van der Waals surface area contributed by atoms with E-state index in [9.17, 15) is 10.0 Å². The molecule has 0 radical (unpaired) electrons. The molecule has 0 spiro atoms. The number of urea groups is 1. The molecule has 1 fully saturated rings. The van der Waals surface area contributed by atoms with Crippen LogP contribution in [0.25, 0.3) is 0 Å². The molecule has 6 nitrogen and oxygen atoms in total. The Morgan fingerprint density at radius 2 is 2.09 bits per heavy atom. The number of rotatable bonds is 5. The van der Waals surface area contributed by atoms with Gasteiger partial charge < -0.3 is 10.5 Å². The van der Waals surface area contributed by atoms with Gasteiger partial charge in [-0.3, -0.25) is 10.2 Å². The van der Waals surface area contributed by atoms with E-state index in [1.54, 1.807) is 24.5 Å². The number of carbonyl (C=O) groups is 1. The van der Waals surface area contributed by atoms with Gasteiger partial charge in [0.15, 0.2) is 0 Å². The monoisotopic (exact) mass is 299 g/mol. The molecule has 2 atom stereocenters. The van der Waals surface area contributed by atoms with Gasteiger partial charge in [0.25, 0.3) is 0 Å². The Balaban J connectivity index is 1.64. The lowest BCUT2D eigenvalue weighted by atomic mass is 10.1. The quantitative estimate of drug-likeness (QED) is 0.656. The van der Waals surface area contributed by atoms with Crippen molar-refractivity contribution in [2.24, 2.45) is 11.7 Å². The molecule has 22 heavy (non-hydrogen) atoms. The second-order valence-corrected chi connectivity index (χ2v) is 5.38. The topological polar surface area (TPSA) is 88.7 Å². The Kier molecular flexibility index (Phi) is 3.93. The lowest BCUT2D eigenvalue weighted by Crippen LogP contribution is -2.34. The Bertz CT molecular complexity index is 663. The smallest absolute Gasteiger partial charge is 0.338 e. The van der Waals surface area contributed by atoms with E-state index in [0.29, 0.717) is 11.0 Å². The minimum atomic E-state index is -0.819. The van der Waals surface area contributed by atoms with Crippen molar-refractivity contribution in [3.8, 4) is 11.5 Å². The lowest BCUT2D eigenvalue weighted by Gasteiger charge is -2.11. The predicted octanol–water partition coefficient (Wildman–Crippen LogP) is 2.75. The summed E-state index contributed by atoms with van der Waals surface area (Å²) in [6.07, 6.45) is 4.27. The fourth-order valence-corrected chi connectivity index (χ4v) is 2.52. The number of amides is 2. The molecule has 0 unspecified atom stereocenters. The third-order valence-corrected chi connectivity index (χ3v) is 3.76. The first-order valence-corrected chi connectivity index (χ1v) is 7.07. The van der Waals surface area contributed by atoms with E-state index in [1.807, 2.05) is 24.3 Å². The highest BCUT2D eigenvalue weighted by Gasteiger charge is 2.40. The molecule has 3 rings (SSSR count). The van der Waals surface area contributed by atoms with Crippen LogP contribution in [0.5, 0.6) is 11.5 Å². The maximum Gasteiger partial charge on any atom is 0.338 e. The molecule has 6 heteroatoms. The zero-order valence-electron chi connectivity index (χ0n) is 11.9. The number of nitrogens with two attached hydrogens (primary N) is 1. The number of hydroxylamine groups is 2. The van der Waals surface area contributed by atoms with Crippen LogP contribution in [0, 0.1) is 5.92 Å². The van der Waals surface area contributed by atoms with Crippen LogP contribution in [0.2, 0.25) is 0 Å². The highest BCUT2D eigenvalue weighted by molar-refractivity contribution is 5.70. The Labute approximate surface area is 128 Å². The molecule has 114 valence electrons. The number of hydrogen-bond acceptors (Lipinski definition) is 4. The molecule has 0 aliphatic heterocycles. The summed E-state index contributed by atoms with van der Waals surface area (Å²) in [5, 5.41) is 9.95. The average Bonchev–Trinajstić information content (AvgIpc) is 3.28. The molecule has 1 aromatic carbocycles. The zero-order valence-corrected chi connectivity index (χ0v) is 11.9. The zero-order chi connectivity index (χ0) is 15.5. The molecule has 0 saturated heterocycles. The maximum atomic E-state index is 10.8. The van der Waals surface area contributed by atoms with Crippen LogP contribution in [-0.2, 0) is 0 Å². The van der Waals surface area contributed by atoms with Crippen LogP contribution in [0.15, 0.2) is 48.8 Å². The number of hydrogen-bond donors (Lipinski definition) is 2. The molecule has 2 aromatic rings. The number of benzene rings is 1. The van der Waals surface area contributed by atoms with E-state index in [2.05, 4.69) is 4.98 Å². The summed E-state index contributed by atoms with van der Waals surface area (Å²) in [7, 11) is 0. The van der Waals surface area contributed by atoms with Gasteiger partial charge in [0, 0.05) is 12.4 Å². The second-order valence-electron chi connectivity index (χ2n) is 5.38. The average molecular weight is 299 g/mol. The van der Waals surface area contributed by atoms with Crippen LogP contribution in [0.4, 0.5) is 4.79 Å². The van der Waals surface area contributed by atoms with Gasteiger partial charge in [0.1, 0.15) is 11.5 Å². The normalized spacial score (nSPS) is 19.5. The molecule has 1 saturated carbocycles. The lowest BCUT2D eigenvalue weighted by molar-refractivity contribution is -0.0431. The Morgan fingerprint density at radius 1 is 1.32 bits per heavy atom. The Hall–Kier alpha value is -2.60. The SMILES string of the molecule is NC(=O)N(O)C[C@@H]1C[C@H]1c1cccc(Oc2ccncc2)c1. The maximum absolute atomic E-state index is 10.8. The van der Waals surface area contributed by atoms with E-state index >= 15 is 0 Å². The van der Waals surface area contributed by atoms with Gasteiger partial charge in [-0.2, -0.15) is 0 Å². The van der Waals surface area contributed by atoms with Crippen LogP contribution >= 0.6 is 0 Å². The summed E-state index contributed by atoms with van der Waals surface area (Å²) in [5.74, 6) is 2.03. The fraction of sp³-hybridized carbons (Fsp3) is 0.250. The van der Waals surface area contributed by atoms with Gasteiger partial charge in [-0.15, -0.1) is 0 Å². The Morgan fingerprint density at radius 3 is 2.82 bits per heavy atom. The number of nitrogens with zero attached hydrogens (tertiary/aromatic N) is 2. The van der Waals surface area contributed by atoms with E-state index < -0.39 is 6.03 Å². The van der Waals surface area contributed by atoms with Crippen LogP contribution < -0.4 is 10.5 Å². The van der Waals surface area contributed by atoms with Gasteiger partial charge in [-0.1, -0.05) is 12.1 Å². The van der Waals surface area contributed by atoms with E-state index in [0.717, 1.165) is 23.5 Å². The molecule has 1 aromatic heterocycles. The summed E-state index contributed by atoms with van der Waals surface area (Å²) >= 11 is 0. The van der Waals surface area contributed by atoms with E-state index in [-0.39, 0.29) is 12.5 Å². The fourth-order valence-electron chi connectivity index (χ4n) is 2.52. The number of ether oxygens (including phenoxy) is 1. The molecular weight excluding hydrogens is 282 g/mol. The molecular formula is C16H17N3O3. The standard InChI is InChI=1S/C16H17N3O3/c17-16(20)19(21)10-12-9-15(12)11-2-1-3-14(8-11)22-13-4-6-18-7-5-13/h1-8,12,15,21H,9-10H2,(H2,17,20)/t12-,15-/m0/s1. The molecule has 0 bridgehead atoms. The van der Waals surface area contributed by atoms with Crippen LogP contribution in [0.3, 0.4) is 0 Å². The van der Waals surface area contributed by atoms with E-state index in [4.69, 9.17) is 10.5 Å². The van der Waals surface area contributed by atoms with Crippen molar-refractivity contribution in [1.82, 2.24) is 10.0 Å². The molecule has 2 amide bonds. The second kappa shape index (κ2) is 6.03. The number of carbonyl (C=O) groups excluding carboxylic acids is 1. The van der Waals surface area contributed by atoms with Gasteiger partial charge in [-0.05, 0) is 48.1 Å². The van der Waals surface area contributed by atoms with Gasteiger partial charge >= 0.3 is 6.03 Å². The highest BCUT2D eigenvalue weighted by Crippen LogP contribution is 2.48. The number of aromatic nitrogens is 1.